The van der Waals surface area contributed by atoms with Crippen LogP contribution in [0.2, 0.25) is 0 Å². The Morgan fingerprint density at radius 3 is 1.28 bits per heavy atom. The van der Waals surface area contributed by atoms with Crippen LogP contribution in [0.5, 0.6) is 0 Å². The van der Waals surface area contributed by atoms with Crippen LogP contribution in [-0.2, 0) is 73.7 Å². The van der Waals surface area contributed by atoms with E-state index >= 15 is 0 Å². The van der Waals surface area contributed by atoms with Crippen molar-refractivity contribution in [3.8, 4) is 0 Å². The second kappa shape index (κ2) is 33.4. The Hall–Kier alpha value is -10.8. The summed E-state index contributed by atoms with van der Waals surface area (Å²) in [6.07, 6.45) is -10.6. The predicted octanol–water partition coefficient (Wildman–Crippen LogP) is -3.87. The maximum absolute atomic E-state index is 14.6. The van der Waals surface area contributed by atoms with Crippen molar-refractivity contribution in [3.05, 3.63) is 52.1 Å². The highest BCUT2D eigenvalue weighted by Crippen LogP contribution is 2.20. The summed E-state index contributed by atoms with van der Waals surface area (Å²) in [5, 5.41) is 89.6. The van der Waals surface area contributed by atoms with Crippen LogP contribution >= 0.6 is 0 Å². The van der Waals surface area contributed by atoms with E-state index in [0.717, 1.165) is 12.1 Å². The van der Waals surface area contributed by atoms with Crippen LogP contribution < -0.4 is 48.9 Å². The van der Waals surface area contributed by atoms with Gasteiger partial charge < -0.3 is 84.2 Å². The van der Waals surface area contributed by atoms with Crippen molar-refractivity contribution in [3.63, 3.8) is 0 Å². The first-order valence-corrected chi connectivity index (χ1v) is 25.6. The molecule has 0 fully saturated rings. The topological polar surface area (TPSA) is 617 Å². The predicted molar refractivity (Wildman–Crippen MR) is 284 cm³/mol. The van der Waals surface area contributed by atoms with E-state index in [1.54, 1.807) is 0 Å². The molecule has 7 atom stereocenters. The molecule has 0 saturated heterocycles. The van der Waals surface area contributed by atoms with Crippen LogP contribution in [0, 0.1) is 0 Å². The van der Waals surface area contributed by atoms with Crippen LogP contribution in [0.4, 0.5) is 11.6 Å². The number of hydrogen-bond donors (Lipinski definition) is 17. The van der Waals surface area contributed by atoms with E-state index in [-0.39, 0.29) is 39.9 Å². The Bertz CT molecular complexity index is 3140. The molecule has 37 nitrogen and oxygen atoms in total. The molecular weight excluding hydrogens is 1150 g/mol. The fraction of sp³-hybridized carbons (Fsp3) is 0.449. The summed E-state index contributed by atoms with van der Waals surface area (Å²) in [6, 6.07) is -9.58. The number of nitrogens with two attached hydrogens (primary N) is 2. The average Bonchev–Trinajstić information content (AvgIpc) is 2.81. The normalized spacial score (nSPS) is 13.3. The summed E-state index contributed by atoms with van der Waals surface area (Å²) < 4.78 is 0. The fourth-order valence-corrected chi connectivity index (χ4v) is 7.75. The third kappa shape index (κ3) is 23.2. The first kappa shape index (κ1) is 69.5. The minimum Gasteiger partial charge on any atom is -0.481 e. The lowest BCUT2D eigenvalue weighted by molar-refractivity contribution is -0.150. The Morgan fingerprint density at radius 2 is 0.872 bits per heavy atom. The number of amides is 7. The quantitative estimate of drug-likeness (QED) is 0.0261. The van der Waals surface area contributed by atoms with Crippen LogP contribution in [0.15, 0.2) is 35.3 Å². The Kier molecular flexibility index (Phi) is 27.0. The Balaban J connectivity index is 2.02. The number of rotatable bonds is 38. The molecule has 0 radical (unpaired) electrons. The van der Waals surface area contributed by atoms with Gasteiger partial charge in [0.25, 0.3) is 17.4 Å². The molecule has 0 saturated carbocycles. The maximum Gasteiger partial charge on any atom is 0.326 e. The molecule has 1 aromatic carbocycles. The number of nitrogens with one attached hydrogen (secondary N) is 7. The second-order valence-corrected chi connectivity index (χ2v) is 18.7. The van der Waals surface area contributed by atoms with Crippen molar-refractivity contribution in [1.82, 2.24) is 51.4 Å². The van der Waals surface area contributed by atoms with Gasteiger partial charge in [-0.15, -0.1) is 0 Å². The molecular formula is C49H61N13O24. The summed E-state index contributed by atoms with van der Waals surface area (Å²) in [5.74, 6) is -23.1. The number of aliphatic carboxylic acids is 8. The minimum absolute atomic E-state index is 0.0467. The van der Waals surface area contributed by atoms with E-state index < -0.39 is 232 Å². The summed E-state index contributed by atoms with van der Waals surface area (Å²) in [6.45, 7) is -0.0907. The number of carbonyl (C=O) groups is 15. The minimum atomic E-state index is -2.35. The lowest BCUT2D eigenvalue weighted by Gasteiger charge is -2.32. The van der Waals surface area contributed by atoms with E-state index in [4.69, 9.17) is 16.6 Å². The Morgan fingerprint density at radius 1 is 0.500 bits per heavy atom. The van der Waals surface area contributed by atoms with Gasteiger partial charge in [-0.05, 0) is 69.2 Å². The van der Waals surface area contributed by atoms with Gasteiger partial charge in [0, 0.05) is 56.2 Å². The van der Waals surface area contributed by atoms with Gasteiger partial charge in [-0.1, -0.05) is 0 Å². The molecule has 466 valence electrons. The van der Waals surface area contributed by atoms with Crippen molar-refractivity contribution in [2.75, 3.05) is 11.1 Å². The molecule has 3 aromatic rings. The molecule has 2 heterocycles. The van der Waals surface area contributed by atoms with Crippen molar-refractivity contribution in [2.24, 2.45) is 5.73 Å². The van der Waals surface area contributed by atoms with Gasteiger partial charge in [-0.3, -0.25) is 81.8 Å². The largest absolute Gasteiger partial charge is 0.481 e. The smallest absolute Gasteiger partial charge is 0.326 e. The van der Waals surface area contributed by atoms with E-state index in [0.29, 0.717) is 0 Å². The van der Waals surface area contributed by atoms with Crippen LogP contribution in [0.1, 0.15) is 106 Å². The molecule has 86 heavy (non-hydrogen) atoms. The number of aromatic amines is 1. The van der Waals surface area contributed by atoms with E-state index in [1.807, 2.05) is 0 Å². The summed E-state index contributed by atoms with van der Waals surface area (Å²) in [7, 11) is 0. The number of carboxylic acid groups (broad SMARTS) is 8. The first-order valence-electron chi connectivity index (χ1n) is 25.6. The number of anilines is 2. The van der Waals surface area contributed by atoms with E-state index in [2.05, 4.69) is 51.8 Å². The molecule has 0 aliphatic carbocycles. The summed E-state index contributed by atoms with van der Waals surface area (Å²) >= 11 is 0. The van der Waals surface area contributed by atoms with Gasteiger partial charge >= 0.3 is 47.8 Å². The van der Waals surface area contributed by atoms with Gasteiger partial charge in [-0.2, -0.15) is 4.98 Å². The summed E-state index contributed by atoms with van der Waals surface area (Å²) in [4.78, 5) is 218. The third-order valence-corrected chi connectivity index (χ3v) is 12.2. The standard InChI is InChI=1S/C49H61N13O24/c50-24(5-12-31(63)64)40(77)55-25(6-13-32(65)66)41(78)56-26(7-14-33(67)68)42(79)57-27(8-15-34(69)70)43(80)58-28(9-16-35(71)72)44(81)59-29(10-17-36(73)74)47(84)62(30(48(85)86)11-18-37(75)76)46(83)21-1-3-22(4-2-21)52-19-23-20-53-39-38(54-23)45(82)61-49(51)60-39/h1-4,20,24-30,52H,5-19,50H2,(H,55,77)(H,56,78)(H,57,79)(H,58,80)(H,59,81)(H,63,64)(H,65,66)(H,67,68)(H,69,70)(H,71,72)(H,73,74)(H,75,76)(H,85,86)(H3,51,53,60,61,82)/t24-,25-,26-,27-,28-,29-,30-/m0/s1. The number of aromatic nitrogens is 4. The van der Waals surface area contributed by atoms with E-state index in [9.17, 15) is 112 Å². The molecule has 0 spiro atoms. The molecule has 7 amide bonds. The zero-order chi connectivity index (χ0) is 64.5. The zero-order valence-electron chi connectivity index (χ0n) is 45.1. The van der Waals surface area contributed by atoms with Gasteiger partial charge in [0.1, 0.15) is 36.3 Å². The Labute approximate surface area is 482 Å². The number of fused-ring (bicyclic) bond motifs is 1. The number of hydrogen-bond acceptors (Lipinski definition) is 22. The van der Waals surface area contributed by atoms with Gasteiger partial charge in [0.05, 0.1) is 24.5 Å². The lowest BCUT2D eigenvalue weighted by Crippen LogP contribution is -2.60. The second-order valence-electron chi connectivity index (χ2n) is 18.7. The molecule has 2 aromatic heterocycles. The molecule has 3 rings (SSSR count). The zero-order valence-corrected chi connectivity index (χ0v) is 45.1. The molecule has 0 aliphatic heterocycles. The lowest BCUT2D eigenvalue weighted by atomic mass is 10.0. The average molecular weight is 1220 g/mol. The SMILES string of the molecule is Nc1nc2ncc(CNc3ccc(C(=O)N(C(=O)[C@H](CCC(=O)O)NC(=O)[C@H](CCC(=O)O)NC(=O)[C@H](CCC(=O)O)NC(=O)[C@H](CCC(=O)O)NC(=O)[C@H](CCC(=O)O)NC(=O)[C@@H](N)CCC(=O)O)[C@@H](CCC(=O)O)C(=O)O)cc3)nc2c(=O)[nH]1. The van der Waals surface area contributed by atoms with Crippen molar-refractivity contribution in [2.45, 2.75) is 139 Å². The third-order valence-electron chi connectivity index (χ3n) is 12.2. The highest BCUT2D eigenvalue weighted by atomic mass is 16.4. The van der Waals surface area contributed by atoms with Crippen molar-refractivity contribution >= 4 is 112 Å². The van der Waals surface area contributed by atoms with Gasteiger partial charge in [0.2, 0.25) is 35.5 Å². The first-order chi connectivity index (χ1) is 40.4. The summed E-state index contributed by atoms with van der Waals surface area (Å²) in [5.41, 5.74) is 10.4. The van der Waals surface area contributed by atoms with Crippen LogP contribution in [-0.4, -0.2) is 197 Å². The molecule has 0 bridgehead atoms. The highest BCUT2D eigenvalue weighted by Gasteiger charge is 2.41. The number of nitrogens with zero attached hydrogens (tertiary/aromatic N) is 4. The number of imide groups is 1. The number of H-pyrrole nitrogens is 1. The van der Waals surface area contributed by atoms with Gasteiger partial charge in [0.15, 0.2) is 11.2 Å². The van der Waals surface area contributed by atoms with Gasteiger partial charge in [-0.25, -0.2) is 14.8 Å². The molecule has 19 N–H and O–H groups in total. The molecule has 37 heteroatoms. The number of carboxylic acids is 8. The van der Waals surface area contributed by atoms with Crippen molar-refractivity contribution in [1.29, 1.82) is 0 Å². The maximum atomic E-state index is 14.6. The van der Waals surface area contributed by atoms with E-state index in [1.165, 1.54) is 18.3 Å². The van der Waals surface area contributed by atoms with Crippen LogP contribution in [0.25, 0.3) is 11.2 Å². The molecule has 0 unspecified atom stereocenters. The fourth-order valence-electron chi connectivity index (χ4n) is 7.75. The number of carbonyl (C=O) groups excluding carboxylic acids is 7. The number of nitrogen functional groups attached to an aromatic ring is 1. The number of benzene rings is 1. The van der Waals surface area contributed by atoms with Crippen molar-refractivity contribution < 1.29 is 113 Å². The molecule has 0 aliphatic rings. The van der Waals surface area contributed by atoms with Crippen LogP contribution in [0.3, 0.4) is 0 Å². The monoisotopic (exact) mass is 1220 g/mol. The highest BCUT2D eigenvalue weighted by molar-refractivity contribution is 6.09.